The van der Waals surface area contributed by atoms with Gasteiger partial charge in [-0.2, -0.15) is 4.98 Å². The van der Waals surface area contributed by atoms with Gasteiger partial charge < -0.3 is 11.1 Å². The Balaban J connectivity index is 1.72. The van der Waals surface area contributed by atoms with Gasteiger partial charge in [0.2, 0.25) is 5.91 Å². The maximum Gasteiger partial charge on any atom is 0.351 e. The van der Waals surface area contributed by atoms with Crippen LogP contribution in [-0.2, 0) is 24.2 Å². The number of benzene rings is 1. The molecule has 1 amide bonds. The minimum absolute atomic E-state index is 0.0725. The lowest BCUT2D eigenvalue weighted by molar-refractivity contribution is -0.116. The molecule has 0 bridgehead atoms. The summed E-state index contributed by atoms with van der Waals surface area (Å²) in [5.74, 6) is 0.0128. The summed E-state index contributed by atoms with van der Waals surface area (Å²) in [5.41, 5.74) is 7.39. The molecule has 122 valence electrons. The number of carbonyl (C=O) groups is 1. The summed E-state index contributed by atoms with van der Waals surface area (Å²) >= 11 is 1.55. The molecule has 0 fully saturated rings. The molecule has 0 saturated carbocycles. The summed E-state index contributed by atoms with van der Waals surface area (Å²) in [6, 6.07) is 9.16. The van der Waals surface area contributed by atoms with Crippen molar-refractivity contribution in [2.75, 3.05) is 11.1 Å². The molecule has 1 aromatic carbocycles. The van der Waals surface area contributed by atoms with E-state index in [-0.39, 0.29) is 18.3 Å². The maximum absolute atomic E-state index is 12.3. The average molecular weight is 340 g/mol. The highest BCUT2D eigenvalue weighted by atomic mass is 32.1. The molecule has 0 unspecified atom stereocenters. The number of fused-ring (bicyclic) bond motifs is 3. The number of thiophene rings is 1. The fraction of sp³-hybridized carbons (Fsp3) is 0.235. The van der Waals surface area contributed by atoms with E-state index >= 15 is 0 Å². The van der Waals surface area contributed by atoms with Crippen LogP contribution in [0.3, 0.4) is 0 Å². The number of nitrogens with zero attached hydrogens (tertiary/aromatic N) is 2. The SMILES string of the molecule is Nc1nc(=O)n(CC(=O)Nc2ccccc2)c2sc3c(c12)CCC3. The van der Waals surface area contributed by atoms with Crippen LogP contribution in [0.5, 0.6) is 0 Å². The Morgan fingerprint density at radius 2 is 2.08 bits per heavy atom. The van der Waals surface area contributed by atoms with Crippen molar-refractivity contribution in [1.82, 2.24) is 9.55 Å². The number of hydrogen-bond donors (Lipinski definition) is 2. The molecule has 0 atom stereocenters. The second-order valence-corrected chi connectivity index (χ2v) is 6.90. The molecule has 1 aliphatic carbocycles. The second-order valence-electron chi connectivity index (χ2n) is 5.82. The quantitative estimate of drug-likeness (QED) is 0.764. The van der Waals surface area contributed by atoms with Crippen LogP contribution in [0.15, 0.2) is 35.1 Å². The molecular weight excluding hydrogens is 324 g/mol. The summed E-state index contributed by atoms with van der Waals surface area (Å²) in [7, 11) is 0. The Bertz CT molecular complexity index is 991. The smallest absolute Gasteiger partial charge is 0.351 e. The third-order valence-electron chi connectivity index (χ3n) is 4.21. The van der Waals surface area contributed by atoms with Gasteiger partial charge >= 0.3 is 5.69 Å². The largest absolute Gasteiger partial charge is 0.383 e. The molecule has 0 spiro atoms. The van der Waals surface area contributed by atoms with Gasteiger partial charge in [0.05, 0.1) is 5.39 Å². The van der Waals surface area contributed by atoms with Crippen LogP contribution < -0.4 is 16.7 Å². The van der Waals surface area contributed by atoms with Gasteiger partial charge in [-0.05, 0) is 37.0 Å². The number of nitrogens with one attached hydrogen (secondary N) is 1. The summed E-state index contributed by atoms with van der Waals surface area (Å²) in [6.45, 7) is -0.0725. The summed E-state index contributed by atoms with van der Waals surface area (Å²) in [6.07, 6.45) is 3.05. The number of carbonyl (C=O) groups excluding carboxylic acids is 1. The number of para-hydroxylation sites is 1. The molecule has 1 aliphatic rings. The molecule has 3 aromatic rings. The van der Waals surface area contributed by atoms with Crippen molar-refractivity contribution in [2.24, 2.45) is 0 Å². The van der Waals surface area contributed by atoms with E-state index in [1.807, 2.05) is 18.2 Å². The third-order valence-corrected chi connectivity index (χ3v) is 5.53. The van der Waals surface area contributed by atoms with Crippen LogP contribution in [0.1, 0.15) is 16.9 Å². The zero-order valence-electron chi connectivity index (χ0n) is 12.9. The lowest BCUT2D eigenvalue weighted by Crippen LogP contribution is -2.29. The van der Waals surface area contributed by atoms with Gasteiger partial charge in [0, 0.05) is 10.6 Å². The lowest BCUT2D eigenvalue weighted by Gasteiger charge is -2.09. The van der Waals surface area contributed by atoms with E-state index in [1.54, 1.807) is 23.5 Å². The first-order chi connectivity index (χ1) is 11.6. The second kappa shape index (κ2) is 5.76. The molecule has 2 aromatic heterocycles. The molecule has 24 heavy (non-hydrogen) atoms. The molecule has 6 nitrogen and oxygen atoms in total. The van der Waals surface area contributed by atoms with E-state index in [1.165, 1.54) is 15.0 Å². The van der Waals surface area contributed by atoms with Gasteiger partial charge in [-0.15, -0.1) is 11.3 Å². The Labute approximate surface area is 141 Å². The number of rotatable bonds is 3. The number of amides is 1. The van der Waals surface area contributed by atoms with Crippen molar-refractivity contribution >= 4 is 39.0 Å². The van der Waals surface area contributed by atoms with Gasteiger partial charge in [0.1, 0.15) is 17.2 Å². The molecule has 0 aliphatic heterocycles. The highest BCUT2D eigenvalue weighted by molar-refractivity contribution is 7.19. The van der Waals surface area contributed by atoms with Crippen molar-refractivity contribution < 1.29 is 4.79 Å². The Morgan fingerprint density at radius 3 is 2.88 bits per heavy atom. The van der Waals surface area contributed by atoms with Crippen LogP contribution >= 0.6 is 11.3 Å². The molecule has 4 rings (SSSR count). The van der Waals surface area contributed by atoms with Crippen molar-refractivity contribution in [1.29, 1.82) is 0 Å². The first-order valence-electron chi connectivity index (χ1n) is 7.79. The molecule has 7 heteroatoms. The van der Waals surface area contributed by atoms with E-state index in [2.05, 4.69) is 10.3 Å². The number of nitrogen functional groups attached to an aromatic ring is 1. The van der Waals surface area contributed by atoms with Gasteiger partial charge in [-0.3, -0.25) is 9.36 Å². The van der Waals surface area contributed by atoms with E-state index in [9.17, 15) is 9.59 Å². The highest BCUT2D eigenvalue weighted by Gasteiger charge is 2.23. The van der Waals surface area contributed by atoms with Gasteiger partial charge in [-0.1, -0.05) is 18.2 Å². The Morgan fingerprint density at radius 1 is 1.29 bits per heavy atom. The molecule has 0 saturated heterocycles. The van der Waals surface area contributed by atoms with E-state index in [4.69, 9.17) is 5.73 Å². The highest BCUT2D eigenvalue weighted by Crippen LogP contribution is 2.38. The van der Waals surface area contributed by atoms with E-state index in [0.717, 1.165) is 29.5 Å². The van der Waals surface area contributed by atoms with Crippen LogP contribution in [0.4, 0.5) is 11.5 Å². The monoisotopic (exact) mass is 340 g/mol. The van der Waals surface area contributed by atoms with E-state index < -0.39 is 5.69 Å². The van der Waals surface area contributed by atoms with Crippen molar-refractivity contribution in [3.63, 3.8) is 0 Å². The zero-order valence-corrected chi connectivity index (χ0v) is 13.7. The Hall–Kier alpha value is -2.67. The van der Waals surface area contributed by atoms with E-state index in [0.29, 0.717) is 5.69 Å². The summed E-state index contributed by atoms with van der Waals surface area (Å²) in [5, 5.41) is 3.64. The number of nitrogens with two attached hydrogens (primary N) is 1. The standard InChI is InChI=1S/C17H16N4O2S/c18-15-14-11-7-4-8-12(11)24-16(14)21(17(23)20-15)9-13(22)19-10-5-2-1-3-6-10/h1-3,5-6H,4,7-9H2,(H,19,22)(H2,18,20,23). The first-order valence-corrected chi connectivity index (χ1v) is 8.60. The normalized spacial score (nSPS) is 13.2. The zero-order chi connectivity index (χ0) is 16.7. The predicted octanol–water partition coefficient (Wildman–Crippen LogP) is 2.17. The first kappa shape index (κ1) is 14.9. The van der Waals surface area contributed by atoms with Crippen LogP contribution in [0, 0.1) is 0 Å². The van der Waals surface area contributed by atoms with Crippen LogP contribution in [0.2, 0.25) is 0 Å². The predicted molar refractivity (Wildman–Crippen MR) is 95.4 cm³/mol. The maximum atomic E-state index is 12.3. The minimum atomic E-state index is -0.483. The third kappa shape index (κ3) is 2.46. The summed E-state index contributed by atoms with van der Waals surface area (Å²) < 4.78 is 1.42. The van der Waals surface area contributed by atoms with Crippen molar-refractivity contribution in [2.45, 2.75) is 25.8 Å². The molecule has 2 heterocycles. The van der Waals surface area contributed by atoms with Gasteiger partial charge in [-0.25, -0.2) is 4.79 Å². The van der Waals surface area contributed by atoms with Crippen LogP contribution in [-0.4, -0.2) is 15.5 Å². The lowest BCUT2D eigenvalue weighted by atomic mass is 10.2. The van der Waals surface area contributed by atoms with Gasteiger partial charge in [0.25, 0.3) is 0 Å². The number of hydrogen-bond acceptors (Lipinski definition) is 5. The number of aromatic nitrogens is 2. The fourth-order valence-corrected chi connectivity index (χ4v) is 4.55. The van der Waals surface area contributed by atoms with Crippen molar-refractivity contribution in [3.05, 3.63) is 51.3 Å². The fourth-order valence-electron chi connectivity index (χ4n) is 3.16. The van der Waals surface area contributed by atoms with Crippen LogP contribution in [0.25, 0.3) is 10.2 Å². The average Bonchev–Trinajstić information content (AvgIpc) is 3.13. The Kier molecular flexibility index (Phi) is 3.57. The minimum Gasteiger partial charge on any atom is -0.383 e. The molecular formula is C17H16N4O2S. The topological polar surface area (TPSA) is 90.0 Å². The number of anilines is 2. The molecule has 3 N–H and O–H groups in total. The van der Waals surface area contributed by atoms with Crippen molar-refractivity contribution in [3.8, 4) is 0 Å². The van der Waals surface area contributed by atoms with Gasteiger partial charge in [0.15, 0.2) is 0 Å². The molecule has 0 radical (unpaired) electrons. The summed E-state index contributed by atoms with van der Waals surface area (Å²) in [4.78, 5) is 30.5. The number of aryl methyl sites for hydroxylation is 2.